The summed E-state index contributed by atoms with van der Waals surface area (Å²) in [6.45, 7) is 2.17. The number of nitrogens with one attached hydrogen (secondary N) is 1. The standard InChI is InChI=1S/C25H28F3N2O5S/c26-25(27,28)17-36(33,34)29-23(20-9-5-2-6-10-20)24(32)35-22-16-30(13-11-19(22)12-14-30)15-21(31)18-7-3-1-4-8-18/h1-10,19,22-23,29H,11-17H2/q+1/t19?,22-,23?,30?/m0/s1. The van der Waals surface area contributed by atoms with Gasteiger partial charge in [-0.2, -0.15) is 17.9 Å². The van der Waals surface area contributed by atoms with E-state index >= 15 is 0 Å². The van der Waals surface area contributed by atoms with E-state index in [9.17, 15) is 31.2 Å². The van der Waals surface area contributed by atoms with Crippen molar-refractivity contribution in [1.29, 1.82) is 0 Å². The fraction of sp³-hybridized carbons (Fsp3) is 0.440. The lowest BCUT2D eigenvalue weighted by molar-refractivity contribution is -0.938. The number of sulfonamides is 1. The number of quaternary nitrogens is 1. The van der Waals surface area contributed by atoms with E-state index in [-0.39, 0.29) is 23.8 Å². The number of rotatable bonds is 9. The van der Waals surface area contributed by atoms with Crippen LogP contribution in [0.4, 0.5) is 13.2 Å². The molecule has 3 aliphatic rings. The highest BCUT2D eigenvalue weighted by Gasteiger charge is 2.49. The van der Waals surface area contributed by atoms with E-state index in [1.54, 1.807) is 42.5 Å². The molecule has 1 N–H and O–H groups in total. The molecule has 0 radical (unpaired) electrons. The normalized spacial score (nSPS) is 24.8. The van der Waals surface area contributed by atoms with E-state index in [4.69, 9.17) is 4.74 Å². The van der Waals surface area contributed by atoms with Crippen LogP contribution in [0, 0.1) is 5.92 Å². The Hall–Kier alpha value is -2.76. The van der Waals surface area contributed by atoms with Crippen LogP contribution in [0.3, 0.4) is 0 Å². The minimum absolute atomic E-state index is 0.0110. The van der Waals surface area contributed by atoms with Gasteiger partial charge < -0.3 is 9.22 Å². The molecule has 0 aliphatic carbocycles. The number of hydrogen-bond donors (Lipinski definition) is 1. The quantitative estimate of drug-likeness (QED) is 0.309. The van der Waals surface area contributed by atoms with Gasteiger partial charge in [0.2, 0.25) is 15.8 Å². The third kappa shape index (κ3) is 6.51. The molecule has 1 unspecified atom stereocenters. The summed E-state index contributed by atoms with van der Waals surface area (Å²) >= 11 is 0. The van der Waals surface area contributed by atoms with E-state index in [1.165, 1.54) is 12.1 Å². The van der Waals surface area contributed by atoms with Crippen LogP contribution in [0.1, 0.15) is 34.8 Å². The summed E-state index contributed by atoms with van der Waals surface area (Å²) in [5.41, 5.74) is 0.784. The third-order valence-corrected chi connectivity index (χ3v) is 8.21. The number of fused-ring (bicyclic) bond motifs is 3. The fourth-order valence-corrected chi connectivity index (χ4v) is 6.25. The maximum atomic E-state index is 13.2. The Bertz CT molecular complexity index is 1180. The molecule has 3 fully saturated rings. The summed E-state index contributed by atoms with van der Waals surface area (Å²) in [5, 5.41) is 0. The number of carbonyl (C=O) groups excluding carboxylic acids is 2. The maximum absolute atomic E-state index is 13.2. The molecular weight excluding hydrogens is 497 g/mol. The van der Waals surface area contributed by atoms with E-state index in [0.717, 1.165) is 25.9 Å². The topological polar surface area (TPSA) is 89.5 Å². The van der Waals surface area contributed by atoms with Gasteiger partial charge in [0.05, 0.1) is 13.1 Å². The molecule has 3 aliphatic heterocycles. The fourth-order valence-electron chi connectivity index (χ4n) is 5.15. The number of halogens is 3. The largest absolute Gasteiger partial charge is 0.455 e. The maximum Gasteiger partial charge on any atom is 0.404 e. The Morgan fingerprint density at radius 1 is 1.00 bits per heavy atom. The molecule has 7 nitrogen and oxygen atoms in total. The number of ether oxygens (including phenoxy) is 1. The summed E-state index contributed by atoms with van der Waals surface area (Å²) in [4.78, 5) is 26.1. The van der Waals surface area contributed by atoms with Crippen LogP contribution in [-0.4, -0.2) is 68.9 Å². The number of ketones is 1. The van der Waals surface area contributed by atoms with Gasteiger partial charge in [-0.05, 0) is 5.56 Å². The SMILES string of the molecule is O=C(C[N+]12CCC(CC1)[C@@H](OC(=O)C(NS(=O)(=O)CC(F)(F)F)c1ccccc1)C2)c1ccccc1. The molecule has 2 aromatic carbocycles. The van der Waals surface area contributed by atoms with Gasteiger partial charge in [0.1, 0.15) is 19.1 Å². The number of nitrogens with zero attached hydrogens (tertiary/aromatic N) is 1. The highest BCUT2D eigenvalue weighted by Crippen LogP contribution is 2.36. The first-order valence-electron chi connectivity index (χ1n) is 11.7. The molecule has 0 spiro atoms. The third-order valence-electron chi connectivity index (χ3n) is 6.90. The van der Waals surface area contributed by atoms with Crippen LogP contribution in [0.25, 0.3) is 0 Å². The summed E-state index contributed by atoms with van der Waals surface area (Å²) in [6, 6.07) is 15.0. The first kappa shape index (κ1) is 26.3. The number of piperidine rings is 3. The molecule has 5 rings (SSSR count). The number of Topliss-reactive ketones (excluding diaryl/α,β-unsaturated/α-hetero) is 1. The molecule has 36 heavy (non-hydrogen) atoms. The molecule has 194 valence electrons. The monoisotopic (exact) mass is 525 g/mol. The van der Waals surface area contributed by atoms with E-state index < -0.39 is 40.1 Å². The van der Waals surface area contributed by atoms with Crippen molar-refractivity contribution < 1.29 is 40.4 Å². The Labute approximate surface area is 207 Å². The molecule has 2 aromatic rings. The second-order valence-corrected chi connectivity index (χ2v) is 11.3. The van der Waals surface area contributed by atoms with E-state index in [1.807, 2.05) is 10.8 Å². The van der Waals surface area contributed by atoms with Crippen LogP contribution >= 0.6 is 0 Å². The second-order valence-electron chi connectivity index (χ2n) is 9.57. The van der Waals surface area contributed by atoms with Crippen LogP contribution in [0.2, 0.25) is 0 Å². The summed E-state index contributed by atoms with van der Waals surface area (Å²) in [5.74, 6) is -3.03. The average molecular weight is 526 g/mol. The predicted octanol–water partition coefficient (Wildman–Crippen LogP) is 3.24. The van der Waals surface area contributed by atoms with Crippen molar-refractivity contribution in [2.45, 2.75) is 31.2 Å². The molecule has 0 aromatic heterocycles. The lowest BCUT2D eigenvalue weighted by Gasteiger charge is -2.51. The predicted molar refractivity (Wildman–Crippen MR) is 125 cm³/mol. The van der Waals surface area contributed by atoms with Crippen molar-refractivity contribution in [2.75, 3.05) is 31.9 Å². The average Bonchev–Trinajstić information content (AvgIpc) is 2.82. The summed E-state index contributed by atoms with van der Waals surface area (Å²) < 4.78 is 70.8. The lowest BCUT2D eigenvalue weighted by atomic mass is 9.82. The van der Waals surface area contributed by atoms with Crippen LogP contribution in [0.15, 0.2) is 60.7 Å². The summed E-state index contributed by atoms with van der Waals surface area (Å²) in [7, 11) is -4.87. The molecule has 0 amide bonds. The van der Waals surface area contributed by atoms with Gasteiger partial charge in [0.25, 0.3) is 0 Å². The molecule has 3 saturated heterocycles. The van der Waals surface area contributed by atoms with Crippen molar-refractivity contribution in [2.24, 2.45) is 5.92 Å². The zero-order valence-electron chi connectivity index (χ0n) is 19.5. The lowest BCUT2D eigenvalue weighted by Crippen LogP contribution is -2.66. The van der Waals surface area contributed by atoms with Crippen LogP contribution < -0.4 is 4.72 Å². The molecule has 0 saturated carbocycles. The Morgan fingerprint density at radius 2 is 1.58 bits per heavy atom. The number of esters is 1. The van der Waals surface area contributed by atoms with Crippen LogP contribution in [-0.2, 0) is 19.6 Å². The van der Waals surface area contributed by atoms with Gasteiger partial charge in [-0.25, -0.2) is 13.2 Å². The molecule has 3 heterocycles. The Balaban J connectivity index is 1.50. The van der Waals surface area contributed by atoms with Crippen LogP contribution in [0.5, 0.6) is 0 Å². The van der Waals surface area contributed by atoms with Gasteiger partial charge in [0.15, 0.2) is 11.9 Å². The molecule has 11 heteroatoms. The first-order valence-corrected chi connectivity index (χ1v) is 13.4. The Morgan fingerprint density at radius 3 is 2.17 bits per heavy atom. The van der Waals surface area contributed by atoms with E-state index in [0.29, 0.717) is 16.6 Å². The zero-order chi connectivity index (χ0) is 26.0. The molecule has 2 bridgehead atoms. The molecular formula is C25H28F3N2O5S+. The highest BCUT2D eigenvalue weighted by atomic mass is 32.2. The van der Waals surface area contributed by atoms with Gasteiger partial charge in [0, 0.05) is 24.3 Å². The smallest absolute Gasteiger partial charge is 0.404 e. The van der Waals surface area contributed by atoms with Gasteiger partial charge in [-0.3, -0.25) is 4.79 Å². The van der Waals surface area contributed by atoms with Gasteiger partial charge >= 0.3 is 12.1 Å². The van der Waals surface area contributed by atoms with Gasteiger partial charge in [-0.15, -0.1) is 0 Å². The minimum Gasteiger partial charge on any atom is -0.455 e. The number of benzene rings is 2. The second kappa shape index (κ2) is 10.3. The summed E-state index contributed by atoms with van der Waals surface area (Å²) in [6.07, 6.45) is -4.07. The van der Waals surface area contributed by atoms with E-state index in [2.05, 4.69) is 0 Å². The minimum atomic E-state index is -4.96. The zero-order valence-corrected chi connectivity index (χ0v) is 20.3. The Kier molecular flexibility index (Phi) is 7.53. The first-order chi connectivity index (χ1) is 17.0. The van der Waals surface area contributed by atoms with Gasteiger partial charge in [-0.1, -0.05) is 60.7 Å². The molecule has 2 atom stereocenters. The number of hydrogen-bond acceptors (Lipinski definition) is 5. The van der Waals surface area contributed by atoms with Crippen molar-refractivity contribution >= 4 is 21.8 Å². The highest BCUT2D eigenvalue weighted by molar-refractivity contribution is 7.89. The van der Waals surface area contributed by atoms with Crippen molar-refractivity contribution in [1.82, 2.24) is 4.72 Å². The number of carbonyl (C=O) groups is 2. The van der Waals surface area contributed by atoms with Crippen molar-refractivity contribution in [3.63, 3.8) is 0 Å². The van der Waals surface area contributed by atoms with Crippen molar-refractivity contribution in [3.05, 3.63) is 71.8 Å². The van der Waals surface area contributed by atoms with Crippen molar-refractivity contribution in [3.8, 4) is 0 Å². The number of alkyl halides is 3.